The highest BCUT2D eigenvalue weighted by Gasteiger charge is 2.40. The highest BCUT2D eigenvalue weighted by Crippen LogP contribution is 2.32. The molecule has 2 fully saturated rings. The van der Waals surface area contributed by atoms with Crippen molar-refractivity contribution < 1.29 is 9.47 Å². The van der Waals surface area contributed by atoms with Crippen LogP contribution in [-0.4, -0.2) is 42.1 Å². The van der Waals surface area contributed by atoms with Crippen molar-refractivity contribution in [2.45, 2.75) is 18.6 Å². The monoisotopic (exact) mass is 246 g/mol. The van der Waals surface area contributed by atoms with Crippen molar-refractivity contribution in [1.82, 2.24) is 9.97 Å². The molecule has 6 heteroatoms. The molecule has 0 radical (unpaired) electrons. The van der Waals surface area contributed by atoms with Crippen LogP contribution in [0.5, 0.6) is 0 Å². The molecule has 0 aromatic carbocycles. The Kier molecular flexibility index (Phi) is 2.86. The molecule has 3 rings (SSSR count). The summed E-state index contributed by atoms with van der Waals surface area (Å²) in [6, 6.07) is 3.74. The van der Waals surface area contributed by atoms with Crippen molar-refractivity contribution in [1.29, 1.82) is 5.26 Å². The van der Waals surface area contributed by atoms with Gasteiger partial charge in [-0.1, -0.05) is 0 Å². The van der Waals surface area contributed by atoms with E-state index in [2.05, 4.69) is 14.9 Å². The standard InChI is InChI=1S/C12H14N4O2/c13-8-10-7-11(15-9-14-10)16-3-1-12(2-4-16)17-5-6-18-12/h7,9H,1-6H2. The van der Waals surface area contributed by atoms with Gasteiger partial charge < -0.3 is 14.4 Å². The molecule has 2 aliphatic rings. The minimum atomic E-state index is -0.373. The lowest BCUT2D eigenvalue weighted by molar-refractivity contribution is -0.169. The third-order valence-corrected chi connectivity index (χ3v) is 3.43. The third kappa shape index (κ3) is 2.03. The van der Waals surface area contributed by atoms with Gasteiger partial charge in [-0.25, -0.2) is 9.97 Å². The lowest BCUT2D eigenvalue weighted by Gasteiger charge is -2.38. The molecular formula is C12H14N4O2. The van der Waals surface area contributed by atoms with E-state index in [4.69, 9.17) is 14.7 Å². The van der Waals surface area contributed by atoms with Gasteiger partial charge in [-0.3, -0.25) is 0 Å². The normalized spacial score (nSPS) is 22.1. The Morgan fingerprint density at radius 1 is 1.22 bits per heavy atom. The topological polar surface area (TPSA) is 71.3 Å². The maximum Gasteiger partial charge on any atom is 0.171 e. The van der Waals surface area contributed by atoms with Gasteiger partial charge in [0.05, 0.1) is 13.2 Å². The van der Waals surface area contributed by atoms with E-state index < -0.39 is 0 Å². The Balaban J connectivity index is 1.70. The van der Waals surface area contributed by atoms with E-state index >= 15 is 0 Å². The van der Waals surface area contributed by atoms with Gasteiger partial charge in [0.2, 0.25) is 0 Å². The van der Waals surface area contributed by atoms with Crippen LogP contribution in [0.1, 0.15) is 18.5 Å². The molecule has 0 aliphatic carbocycles. The van der Waals surface area contributed by atoms with Crippen molar-refractivity contribution in [3.63, 3.8) is 0 Å². The van der Waals surface area contributed by atoms with Crippen LogP contribution in [0.15, 0.2) is 12.4 Å². The van der Waals surface area contributed by atoms with Crippen molar-refractivity contribution in [3.8, 4) is 6.07 Å². The van der Waals surface area contributed by atoms with Crippen molar-refractivity contribution in [3.05, 3.63) is 18.1 Å². The molecule has 2 saturated heterocycles. The minimum Gasteiger partial charge on any atom is -0.356 e. The van der Waals surface area contributed by atoms with Crippen LogP contribution in [0.2, 0.25) is 0 Å². The summed E-state index contributed by atoms with van der Waals surface area (Å²) in [6.07, 6.45) is 3.10. The number of aromatic nitrogens is 2. The van der Waals surface area contributed by atoms with E-state index in [1.165, 1.54) is 6.33 Å². The molecule has 1 aromatic heterocycles. The zero-order chi connectivity index (χ0) is 12.4. The molecule has 94 valence electrons. The predicted molar refractivity (Wildman–Crippen MR) is 62.8 cm³/mol. The minimum absolute atomic E-state index is 0.373. The number of hydrogen-bond donors (Lipinski definition) is 0. The lowest BCUT2D eigenvalue weighted by atomic mass is 10.0. The van der Waals surface area contributed by atoms with Crippen LogP contribution in [0.3, 0.4) is 0 Å². The fraction of sp³-hybridized carbons (Fsp3) is 0.583. The molecule has 0 bridgehead atoms. The lowest BCUT2D eigenvalue weighted by Crippen LogP contribution is -2.45. The van der Waals surface area contributed by atoms with E-state index in [0.29, 0.717) is 18.9 Å². The van der Waals surface area contributed by atoms with Crippen molar-refractivity contribution in [2.75, 3.05) is 31.2 Å². The fourth-order valence-electron chi connectivity index (χ4n) is 2.44. The maximum absolute atomic E-state index is 8.83. The Hall–Kier alpha value is -1.71. The van der Waals surface area contributed by atoms with Gasteiger partial charge in [-0.05, 0) is 0 Å². The van der Waals surface area contributed by atoms with E-state index in [0.717, 1.165) is 31.7 Å². The van der Waals surface area contributed by atoms with Crippen LogP contribution < -0.4 is 4.90 Å². The van der Waals surface area contributed by atoms with Crippen LogP contribution >= 0.6 is 0 Å². The second-order valence-electron chi connectivity index (χ2n) is 4.47. The quantitative estimate of drug-likeness (QED) is 0.726. The molecule has 1 spiro atoms. The summed E-state index contributed by atoms with van der Waals surface area (Å²) in [4.78, 5) is 10.2. The molecule has 0 unspecified atom stereocenters. The SMILES string of the molecule is N#Cc1cc(N2CCC3(CC2)OCCO3)ncn1. The average molecular weight is 246 g/mol. The summed E-state index contributed by atoms with van der Waals surface area (Å²) >= 11 is 0. The van der Waals surface area contributed by atoms with Gasteiger partial charge >= 0.3 is 0 Å². The Labute approximate surface area is 105 Å². The average Bonchev–Trinajstić information content (AvgIpc) is 2.88. The zero-order valence-electron chi connectivity index (χ0n) is 10.0. The fourth-order valence-corrected chi connectivity index (χ4v) is 2.44. The number of ether oxygens (including phenoxy) is 2. The predicted octanol–water partition coefficient (Wildman–Crippen LogP) is 0.692. The number of rotatable bonds is 1. The maximum atomic E-state index is 8.83. The van der Waals surface area contributed by atoms with E-state index in [9.17, 15) is 0 Å². The van der Waals surface area contributed by atoms with E-state index in [1.54, 1.807) is 6.07 Å². The summed E-state index contributed by atoms with van der Waals surface area (Å²) in [5.41, 5.74) is 0.397. The summed E-state index contributed by atoms with van der Waals surface area (Å²) in [5.74, 6) is 0.427. The molecule has 0 atom stereocenters. The van der Waals surface area contributed by atoms with Crippen LogP contribution in [0.4, 0.5) is 5.82 Å². The molecule has 2 aliphatic heterocycles. The number of piperidine rings is 1. The first-order chi connectivity index (χ1) is 8.81. The molecule has 1 aromatic rings. The van der Waals surface area contributed by atoms with E-state index in [1.807, 2.05) is 6.07 Å². The van der Waals surface area contributed by atoms with Crippen LogP contribution in [0, 0.1) is 11.3 Å². The number of nitriles is 1. The van der Waals surface area contributed by atoms with Gasteiger partial charge in [0.25, 0.3) is 0 Å². The highest BCUT2D eigenvalue weighted by molar-refractivity contribution is 5.42. The molecular weight excluding hydrogens is 232 g/mol. The van der Waals surface area contributed by atoms with Gasteiger partial charge in [-0.15, -0.1) is 0 Å². The van der Waals surface area contributed by atoms with Crippen LogP contribution in [0.25, 0.3) is 0 Å². The van der Waals surface area contributed by atoms with Gasteiger partial charge in [0.1, 0.15) is 23.9 Å². The van der Waals surface area contributed by atoms with E-state index in [-0.39, 0.29) is 5.79 Å². The smallest absolute Gasteiger partial charge is 0.171 e. The summed E-state index contributed by atoms with van der Waals surface area (Å²) in [6.45, 7) is 3.02. The number of hydrogen-bond acceptors (Lipinski definition) is 6. The Morgan fingerprint density at radius 2 is 1.94 bits per heavy atom. The van der Waals surface area contributed by atoms with Crippen molar-refractivity contribution in [2.24, 2.45) is 0 Å². The Morgan fingerprint density at radius 3 is 2.61 bits per heavy atom. The largest absolute Gasteiger partial charge is 0.356 e. The zero-order valence-corrected chi connectivity index (χ0v) is 10.0. The molecule has 3 heterocycles. The first-order valence-corrected chi connectivity index (χ1v) is 6.06. The van der Waals surface area contributed by atoms with Crippen molar-refractivity contribution >= 4 is 5.82 Å². The molecule has 6 nitrogen and oxygen atoms in total. The first-order valence-electron chi connectivity index (χ1n) is 6.06. The number of anilines is 1. The Bertz CT molecular complexity index is 469. The second kappa shape index (κ2) is 4.52. The highest BCUT2D eigenvalue weighted by atomic mass is 16.7. The molecule has 0 saturated carbocycles. The van der Waals surface area contributed by atoms with Gasteiger partial charge in [0.15, 0.2) is 5.79 Å². The second-order valence-corrected chi connectivity index (χ2v) is 4.47. The molecule has 18 heavy (non-hydrogen) atoms. The first kappa shape index (κ1) is 11.4. The van der Waals surface area contributed by atoms with Crippen LogP contribution in [-0.2, 0) is 9.47 Å². The molecule has 0 amide bonds. The molecule has 0 N–H and O–H groups in total. The number of nitrogens with zero attached hydrogens (tertiary/aromatic N) is 4. The summed E-state index contributed by atoms with van der Waals surface area (Å²) < 4.78 is 11.4. The summed E-state index contributed by atoms with van der Waals surface area (Å²) in [7, 11) is 0. The van der Waals surface area contributed by atoms with Gasteiger partial charge in [-0.2, -0.15) is 5.26 Å². The summed E-state index contributed by atoms with van der Waals surface area (Å²) in [5, 5.41) is 8.83. The third-order valence-electron chi connectivity index (χ3n) is 3.43. The van der Waals surface area contributed by atoms with Gasteiger partial charge in [0, 0.05) is 32.0 Å².